The van der Waals surface area contributed by atoms with Gasteiger partial charge in [0.2, 0.25) is 0 Å². The molecule has 1 fully saturated rings. The van der Waals surface area contributed by atoms with Crippen LogP contribution in [0, 0.1) is 5.92 Å². The lowest BCUT2D eigenvalue weighted by molar-refractivity contribution is -0.146. The summed E-state index contributed by atoms with van der Waals surface area (Å²) in [6.45, 7) is 3.32. The molecule has 2 amide bonds. The molecule has 0 aliphatic carbocycles. The van der Waals surface area contributed by atoms with E-state index in [1.807, 2.05) is 31.4 Å². The molecular weight excluding hydrogens is 408 g/mol. The lowest BCUT2D eigenvalue weighted by Crippen LogP contribution is -2.46. The third-order valence-electron chi connectivity index (χ3n) is 6.38. The lowest BCUT2D eigenvalue weighted by atomic mass is 9.89. The zero-order valence-electron chi connectivity index (χ0n) is 18.2. The topological polar surface area (TPSA) is 115 Å². The first kappa shape index (κ1) is 20.4. The predicted molar refractivity (Wildman–Crippen MR) is 119 cm³/mol. The second-order valence-corrected chi connectivity index (χ2v) is 8.74. The van der Waals surface area contributed by atoms with Gasteiger partial charge in [-0.15, -0.1) is 0 Å². The number of hydrogen-bond donors (Lipinski definition) is 2. The zero-order valence-corrected chi connectivity index (χ0v) is 18.2. The minimum Gasteiger partial charge on any atom is -0.383 e. The van der Waals surface area contributed by atoms with Gasteiger partial charge in [-0.1, -0.05) is 19.1 Å². The van der Waals surface area contributed by atoms with Gasteiger partial charge in [0.1, 0.15) is 5.82 Å². The summed E-state index contributed by atoms with van der Waals surface area (Å²) in [5.74, 6) is -0.523. The van der Waals surface area contributed by atoms with Crippen LogP contribution in [0.15, 0.2) is 30.6 Å². The van der Waals surface area contributed by atoms with Crippen molar-refractivity contribution < 1.29 is 14.3 Å². The Morgan fingerprint density at radius 1 is 1.22 bits per heavy atom. The first-order valence-corrected chi connectivity index (χ1v) is 10.8. The number of piperidine rings is 1. The van der Waals surface area contributed by atoms with Gasteiger partial charge < -0.3 is 20.7 Å². The molecule has 3 N–H and O–H groups in total. The maximum absolute atomic E-state index is 13.3. The number of anilines is 2. The Morgan fingerprint density at radius 2 is 2.03 bits per heavy atom. The van der Waals surface area contributed by atoms with Crippen molar-refractivity contribution in [3.05, 3.63) is 47.3 Å². The Kier molecular flexibility index (Phi) is 5.05. The van der Waals surface area contributed by atoms with Gasteiger partial charge in [0.05, 0.1) is 36.7 Å². The maximum atomic E-state index is 13.3. The standard InChI is InChI=1S/C23H26N6O3/c1-13-3-6-20(14-4-5-15-10-28(2)27-18(15)7-14)29(9-13)23(31)22(30)26-19-8-25-21(24)17-12-32-11-16(17)19/h4-5,7-8,10,13,20H,3,6,9,11-12H2,1-2H3,(H2,24,25)(H,26,30). The molecule has 32 heavy (non-hydrogen) atoms. The van der Waals surface area contributed by atoms with Crippen molar-refractivity contribution in [1.82, 2.24) is 19.7 Å². The number of fused-ring (bicyclic) bond motifs is 2. The molecule has 1 saturated heterocycles. The van der Waals surface area contributed by atoms with Crippen molar-refractivity contribution in [2.24, 2.45) is 13.0 Å². The van der Waals surface area contributed by atoms with E-state index < -0.39 is 11.8 Å². The monoisotopic (exact) mass is 434 g/mol. The van der Waals surface area contributed by atoms with E-state index in [0.717, 1.165) is 40.4 Å². The highest BCUT2D eigenvalue weighted by Crippen LogP contribution is 2.35. The van der Waals surface area contributed by atoms with E-state index >= 15 is 0 Å². The normalized spacial score (nSPS) is 20.4. The summed E-state index contributed by atoms with van der Waals surface area (Å²) >= 11 is 0. The number of rotatable bonds is 2. The van der Waals surface area contributed by atoms with Crippen LogP contribution in [0.1, 0.15) is 42.5 Å². The molecule has 2 aliphatic rings. The van der Waals surface area contributed by atoms with Crippen molar-refractivity contribution >= 4 is 34.2 Å². The smallest absolute Gasteiger partial charge is 0.313 e. The Bertz CT molecular complexity index is 1220. The van der Waals surface area contributed by atoms with Gasteiger partial charge in [-0.2, -0.15) is 5.10 Å². The fourth-order valence-electron chi connectivity index (χ4n) is 4.69. The van der Waals surface area contributed by atoms with Gasteiger partial charge in [-0.25, -0.2) is 4.98 Å². The van der Waals surface area contributed by atoms with Crippen LogP contribution < -0.4 is 11.1 Å². The Labute approximate surface area is 185 Å². The molecule has 2 atom stereocenters. The van der Waals surface area contributed by atoms with Crippen molar-refractivity contribution in [3.8, 4) is 0 Å². The van der Waals surface area contributed by atoms with Gasteiger partial charge in [0, 0.05) is 36.3 Å². The molecule has 0 bridgehead atoms. The summed E-state index contributed by atoms with van der Waals surface area (Å²) in [6, 6.07) is 5.88. The molecule has 0 radical (unpaired) electrons. The van der Waals surface area contributed by atoms with Gasteiger partial charge in [-0.05, 0) is 30.4 Å². The molecule has 2 aliphatic heterocycles. The summed E-state index contributed by atoms with van der Waals surface area (Å²) in [4.78, 5) is 32.1. The van der Waals surface area contributed by atoms with Gasteiger partial charge >= 0.3 is 11.8 Å². The summed E-state index contributed by atoms with van der Waals surface area (Å²) in [6.07, 6.45) is 5.23. The summed E-state index contributed by atoms with van der Waals surface area (Å²) < 4.78 is 7.22. The van der Waals surface area contributed by atoms with E-state index in [1.54, 1.807) is 9.58 Å². The number of pyridine rings is 1. The predicted octanol–water partition coefficient (Wildman–Crippen LogP) is 2.52. The Hall–Kier alpha value is -3.46. The quantitative estimate of drug-likeness (QED) is 0.599. The minimum absolute atomic E-state index is 0.172. The SMILES string of the molecule is CC1CCC(c2ccc3cn(C)nc3c2)N(C(=O)C(=O)Nc2cnc(N)c3c2COC3)C1. The molecule has 4 heterocycles. The number of ether oxygens (including phenoxy) is 1. The fourth-order valence-corrected chi connectivity index (χ4v) is 4.69. The second-order valence-electron chi connectivity index (χ2n) is 8.74. The van der Waals surface area contributed by atoms with Gasteiger partial charge in [0.15, 0.2) is 0 Å². The van der Waals surface area contributed by atoms with Crippen LogP contribution in [0.2, 0.25) is 0 Å². The third-order valence-corrected chi connectivity index (χ3v) is 6.38. The maximum Gasteiger partial charge on any atom is 0.313 e. The molecule has 3 aromatic rings. The molecule has 0 spiro atoms. The van der Waals surface area contributed by atoms with E-state index in [9.17, 15) is 9.59 Å². The number of aryl methyl sites for hydroxylation is 1. The fraction of sp³-hybridized carbons (Fsp3) is 0.391. The molecule has 0 saturated carbocycles. The Balaban J connectivity index is 1.41. The number of nitrogen functional groups attached to an aromatic ring is 1. The van der Waals surface area contributed by atoms with Crippen LogP contribution in [-0.4, -0.2) is 38.0 Å². The number of nitrogens with two attached hydrogens (primary N) is 1. The zero-order chi connectivity index (χ0) is 22.4. The van der Waals surface area contributed by atoms with Crippen LogP contribution in [-0.2, 0) is 34.6 Å². The highest BCUT2D eigenvalue weighted by atomic mass is 16.5. The van der Waals surface area contributed by atoms with Crippen LogP contribution in [0.5, 0.6) is 0 Å². The number of likely N-dealkylation sites (tertiary alicyclic amines) is 1. The number of hydrogen-bond acceptors (Lipinski definition) is 6. The van der Waals surface area contributed by atoms with Crippen LogP contribution in [0.4, 0.5) is 11.5 Å². The molecule has 2 aromatic heterocycles. The van der Waals surface area contributed by atoms with Crippen molar-refractivity contribution in [3.63, 3.8) is 0 Å². The van der Waals surface area contributed by atoms with Crippen molar-refractivity contribution in [2.45, 2.75) is 39.0 Å². The number of carbonyl (C=O) groups is 2. The number of nitrogens with one attached hydrogen (secondary N) is 1. The van der Waals surface area contributed by atoms with Crippen LogP contribution >= 0.6 is 0 Å². The highest BCUT2D eigenvalue weighted by molar-refractivity contribution is 6.39. The van der Waals surface area contributed by atoms with Gasteiger partial charge in [-0.3, -0.25) is 14.3 Å². The van der Waals surface area contributed by atoms with E-state index in [4.69, 9.17) is 10.5 Å². The average molecular weight is 435 g/mol. The number of aromatic nitrogens is 3. The van der Waals surface area contributed by atoms with E-state index in [0.29, 0.717) is 37.2 Å². The molecule has 9 nitrogen and oxygen atoms in total. The largest absolute Gasteiger partial charge is 0.383 e. The lowest BCUT2D eigenvalue weighted by Gasteiger charge is -2.38. The third kappa shape index (κ3) is 3.58. The first-order valence-electron chi connectivity index (χ1n) is 10.8. The van der Waals surface area contributed by atoms with Crippen LogP contribution in [0.25, 0.3) is 10.9 Å². The molecule has 9 heteroatoms. The number of nitrogens with zero attached hydrogens (tertiary/aromatic N) is 4. The number of benzene rings is 1. The summed E-state index contributed by atoms with van der Waals surface area (Å²) in [7, 11) is 1.88. The number of carbonyl (C=O) groups excluding carboxylic acids is 2. The molecule has 166 valence electrons. The Morgan fingerprint density at radius 3 is 2.88 bits per heavy atom. The van der Waals surface area contributed by atoms with Crippen molar-refractivity contribution in [2.75, 3.05) is 17.6 Å². The molecule has 2 unspecified atom stereocenters. The van der Waals surface area contributed by atoms with E-state index in [1.165, 1.54) is 6.20 Å². The average Bonchev–Trinajstić information content (AvgIpc) is 3.41. The molecule has 5 rings (SSSR count). The van der Waals surface area contributed by atoms with E-state index in [2.05, 4.69) is 22.3 Å². The van der Waals surface area contributed by atoms with Crippen LogP contribution in [0.3, 0.4) is 0 Å². The van der Waals surface area contributed by atoms with Gasteiger partial charge in [0.25, 0.3) is 0 Å². The minimum atomic E-state index is -0.677. The molecular formula is C23H26N6O3. The van der Waals surface area contributed by atoms with Crippen molar-refractivity contribution in [1.29, 1.82) is 0 Å². The van der Waals surface area contributed by atoms with E-state index in [-0.39, 0.29) is 6.04 Å². The first-order chi connectivity index (χ1) is 15.4. The second kappa shape index (κ2) is 7.90. The summed E-state index contributed by atoms with van der Waals surface area (Å²) in [5, 5.41) is 8.28. The summed E-state index contributed by atoms with van der Waals surface area (Å²) in [5.41, 5.74) is 9.79. The molecule has 1 aromatic carbocycles. The number of amides is 2. The highest BCUT2D eigenvalue weighted by Gasteiger charge is 2.35.